The van der Waals surface area contributed by atoms with E-state index < -0.39 is 0 Å². The number of benzene rings is 1. The predicted octanol–water partition coefficient (Wildman–Crippen LogP) is 2.97. The van der Waals surface area contributed by atoms with Crippen molar-refractivity contribution >= 4 is 17.5 Å². The minimum Gasteiger partial charge on any atom is -0.451 e. The van der Waals surface area contributed by atoms with Crippen molar-refractivity contribution in [2.24, 2.45) is 0 Å². The Morgan fingerprint density at radius 3 is 3.04 bits per heavy atom. The summed E-state index contributed by atoms with van der Waals surface area (Å²) in [6.07, 6.45) is 4.04. The van der Waals surface area contributed by atoms with E-state index in [0.717, 1.165) is 28.9 Å². The van der Waals surface area contributed by atoms with E-state index >= 15 is 0 Å². The Bertz CT molecular complexity index is 968. The Hall–Kier alpha value is -2.64. The third kappa shape index (κ3) is 3.81. The molecule has 1 aromatic carbocycles. The zero-order valence-corrected chi connectivity index (χ0v) is 16.4. The van der Waals surface area contributed by atoms with Crippen LogP contribution in [0.5, 0.6) is 0 Å². The molecule has 2 aromatic heterocycles. The first-order chi connectivity index (χ1) is 13.7. The molecular weight excluding hydrogens is 380 g/mol. The van der Waals surface area contributed by atoms with Crippen molar-refractivity contribution in [3.63, 3.8) is 0 Å². The number of oxazole rings is 1. The lowest BCUT2D eigenvalue weighted by Gasteiger charge is -2.28. The number of nitrogens with zero attached hydrogens (tertiary/aromatic N) is 4. The predicted molar refractivity (Wildman–Crippen MR) is 104 cm³/mol. The van der Waals surface area contributed by atoms with E-state index in [4.69, 9.17) is 25.9 Å². The quantitative estimate of drug-likeness (QED) is 0.636. The smallest absolute Gasteiger partial charge is 0.227 e. The molecule has 0 unspecified atom stereocenters. The second-order valence-electron chi connectivity index (χ2n) is 6.74. The fraction of sp³-hybridized carbons (Fsp3) is 0.350. The summed E-state index contributed by atoms with van der Waals surface area (Å²) in [6.45, 7) is 2.39. The molecule has 146 valence electrons. The Morgan fingerprint density at radius 1 is 1.39 bits per heavy atom. The molecule has 0 fully saturated rings. The normalized spacial score (nSPS) is 13.6. The van der Waals surface area contributed by atoms with Gasteiger partial charge in [-0.25, -0.2) is 4.98 Å². The standard InChI is InChI=1S/C20H21ClN4O3/c1-27-8-7-25-18-5-6-24(19(26)10-14-3-2-4-15(21)9-14)11-16(18)20(23-25)17-12-28-13-22-17/h2-4,9,12-13H,5-8,10-11H2,1H3. The van der Waals surface area contributed by atoms with Crippen LogP contribution in [0, 0.1) is 0 Å². The van der Waals surface area contributed by atoms with E-state index in [0.29, 0.717) is 43.4 Å². The lowest BCUT2D eigenvalue weighted by Crippen LogP contribution is -2.37. The number of aromatic nitrogens is 3. The van der Waals surface area contributed by atoms with Gasteiger partial charge in [0.05, 0.1) is 19.6 Å². The minimum atomic E-state index is 0.0728. The van der Waals surface area contributed by atoms with Gasteiger partial charge in [0, 0.05) is 42.9 Å². The molecule has 0 saturated carbocycles. The number of hydrogen-bond acceptors (Lipinski definition) is 5. The minimum absolute atomic E-state index is 0.0728. The molecule has 3 aromatic rings. The fourth-order valence-corrected chi connectivity index (χ4v) is 3.75. The highest BCUT2D eigenvalue weighted by molar-refractivity contribution is 6.30. The van der Waals surface area contributed by atoms with E-state index in [-0.39, 0.29) is 5.91 Å². The molecule has 8 heteroatoms. The molecule has 0 radical (unpaired) electrons. The Kier molecular flexibility index (Phi) is 5.45. The molecule has 0 N–H and O–H groups in total. The van der Waals surface area contributed by atoms with E-state index in [1.165, 1.54) is 6.39 Å². The summed E-state index contributed by atoms with van der Waals surface area (Å²) in [5, 5.41) is 5.36. The van der Waals surface area contributed by atoms with Crippen molar-refractivity contribution in [2.75, 3.05) is 20.3 Å². The molecule has 1 aliphatic rings. The van der Waals surface area contributed by atoms with Gasteiger partial charge < -0.3 is 14.1 Å². The molecule has 3 heterocycles. The summed E-state index contributed by atoms with van der Waals surface area (Å²) in [4.78, 5) is 19.0. The van der Waals surface area contributed by atoms with Gasteiger partial charge in [0.15, 0.2) is 6.39 Å². The molecule has 0 atom stereocenters. The van der Waals surface area contributed by atoms with Gasteiger partial charge in [-0.05, 0) is 17.7 Å². The molecule has 1 aliphatic heterocycles. The van der Waals surface area contributed by atoms with Crippen LogP contribution in [0.25, 0.3) is 11.4 Å². The molecule has 0 spiro atoms. The third-order valence-electron chi connectivity index (χ3n) is 4.91. The lowest BCUT2D eigenvalue weighted by molar-refractivity contribution is -0.131. The summed E-state index contributed by atoms with van der Waals surface area (Å²) in [6, 6.07) is 7.42. The van der Waals surface area contributed by atoms with Crippen LogP contribution in [-0.4, -0.2) is 45.8 Å². The fourth-order valence-electron chi connectivity index (χ4n) is 3.53. The zero-order chi connectivity index (χ0) is 19.5. The molecule has 4 rings (SSSR count). The van der Waals surface area contributed by atoms with Gasteiger partial charge in [0.25, 0.3) is 0 Å². The summed E-state index contributed by atoms with van der Waals surface area (Å²) in [5.41, 5.74) is 4.50. The molecule has 0 bridgehead atoms. The molecule has 7 nitrogen and oxygen atoms in total. The average Bonchev–Trinajstić information content (AvgIpc) is 3.34. The Morgan fingerprint density at radius 2 is 2.29 bits per heavy atom. The zero-order valence-electron chi connectivity index (χ0n) is 15.6. The van der Waals surface area contributed by atoms with Gasteiger partial charge in [-0.15, -0.1) is 0 Å². The van der Waals surface area contributed by atoms with Crippen LogP contribution in [0.2, 0.25) is 5.02 Å². The van der Waals surface area contributed by atoms with Crippen LogP contribution >= 0.6 is 11.6 Å². The number of fused-ring (bicyclic) bond motifs is 1. The largest absolute Gasteiger partial charge is 0.451 e. The number of rotatable bonds is 6. The highest BCUT2D eigenvalue weighted by Gasteiger charge is 2.28. The van der Waals surface area contributed by atoms with Crippen molar-refractivity contribution in [3.05, 3.63) is 58.8 Å². The van der Waals surface area contributed by atoms with E-state index in [9.17, 15) is 4.79 Å². The highest BCUT2D eigenvalue weighted by Crippen LogP contribution is 2.29. The van der Waals surface area contributed by atoms with Gasteiger partial charge >= 0.3 is 0 Å². The van der Waals surface area contributed by atoms with Gasteiger partial charge in [-0.1, -0.05) is 23.7 Å². The van der Waals surface area contributed by atoms with Crippen LogP contribution in [0.1, 0.15) is 16.8 Å². The van der Waals surface area contributed by atoms with Gasteiger partial charge in [0.2, 0.25) is 5.91 Å². The molecule has 0 aliphatic carbocycles. The monoisotopic (exact) mass is 400 g/mol. The third-order valence-corrected chi connectivity index (χ3v) is 5.15. The topological polar surface area (TPSA) is 73.4 Å². The number of hydrogen-bond donors (Lipinski definition) is 0. The first-order valence-electron chi connectivity index (χ1n) is 9.14. The number of halogens is 1. The molecular formula is C20H21ClN4O3. The van der Waals surface area contributed by atoms with Gasteiger partial charge in [-0.3, -0.25) is 9.48 Å². The molecule has 28 heavy (non-hydrogen) atoms. The number of carbonyl (C=O) groups excluding carboxylic acids is 1. The maximum atomic E-state index is 12.9. The summed E-state index contributed by atoms with van der Waals surface area (Å²) >= 11 is 6.04. The van der Waals surface area contributed by atoms with Crippen molar-refractivity contribution in [2.45, 2.75) is 25.9 Å². The van der Waals surface area contributed by atoms with Crippen LogP contribution in [0.15, 0.2) is 41.3 Å². The molecule has 0 saturated heterocycles. The van der Waals surface area contributed by atoms with Crippen molar-refractivity contribution < 1.29 is 13.9 Å². The van der Waals surface area contributed by atoms with Crippen LogP contribution in [-0.2, 0) is 35.5 Å². The number of carbonyl (C=O) groups is 1. The van der Waals surface area contributed by atoms with Crippen LogP contribution < -0.4 is 0 Å². The van der Waals surface area contributed by atoms with Gasteiger partial charge in [0.1, 0.15) is 17.7 Å². The molecule has 1 amide bonds. The summed E-state index contributed by atoms with van der Waals surface area (Å²) in [7, 11) is 1.67. The van der Waals surface area contributed by atoms with Crippen molar-refractivity contribution in [1.29, 1.82) is 0 Å². The second-order valence-corrected chi connectivity index (χ2v) is 7.17. The SMILES string of the molecule is COCCn1nc(-c2cocn2)c2c1CCN(C(=O)Cc1cccc(Cl)c1)C2. The Balaban J connectivity index is 1.58. The maximum absolute atomic E-state index is 12.9. The number of amides is 1. The van der Waals surface area contributed by atoms with Crippen LogP contribution in [0.4, 0.5) is 0 Å². The van der Waals surface area contributed by atoms with E-state index in [1.54, 1.807) is 19.4 Å². The first-order valence-corrected chi connectivity index (χ1v) is 9.51. The summed E-state index contributed by atoms with van der Waals surface area (Å²) < 4.78 is 12.3. The van der Waals surface area contributed by atoms with Crippen molar-refractivity contribution in [3.8, 4) is 11.4 Å². The number of methoxy groups -OCH3 is 1. The second kappa shape index (κ2) is 8.16. The van der Waals surface area contributed by atoms with E-state index in [1.807, 2.05) is 27.8 Å². The maximum Gasteiger partial charge on any atom is 0.227 e. The summed E-state index contributed by atoms with van der Waals surface area (Å²) in [5.74, 6) is 0.0728. The van der Waals surface area contributed by atoms with E-state index in [2.05, 4.69) is 4.98 Å². The van der Waals surface area contributed by atoms with Crippen LogP contribution in [0.3, 0.4) is 0 Å². The Labute approximate surface area is 167 Å². The number of ether oxygens (including phenoxy) is 1. The highest BCUT2D eigenvalue weighted by atomic mass is 35.5. The average molecular weight is 401 g/mol. The van der Waals surface area contributed by atoms with Gasteiger partial charge in [-0.2, -0.15) is 5.10 Å². The lowest BCUT2D eigenvalue weighted by atomic mass is 10.0. The first kappa shape index (κ1) is 18.7. The van der Waals surface area contributed by atoms with Crippen molar-refractivity contribution in [1.82, 2.24) is 19.7 Å².